The van der Waals surface area contributed by atoms with Gasteiger partial charge in [-0.1, -0.05) is 12.1 Å². The standard InChI is InChI=1S/C12H15NO/c1-3-9(11-6-7-13-11)10-4-2-8-14-12(10)5-1/h1,3,5,11,13H,2,4,6-8H2/t11-/m1/s1. The molecule has 0 spiro atoms. The zero-order valence-corrected chi connectivity index (χ0v) is 8.25. The third kappa shape index (κ3) is 1.22. The maximum Gasteiger partial charge on any atom is 0.122 e. The van der Waals surface area contributed by atoms with Gasteiger partial charge in [0.1, 0.15) is 5.75 Å². The highest BCUT2D eigenvalue weighted by molar-refractivity contribution is 5.43. The molecule has 0 unspecified atom stereocenters. The van der Waals surface area contributed by atoms with Gasteiger partial charge in [-0.25, -0.2) is 0 Å². The van der Waals surface area contributed by atoms with Crippen molar-refractivity contribution in [3.63, 3.8) is 0 Å². The van der Waals surface area contributed by atoms with Crippen LogP contribution in [0.2, 0.25) is 0 Å². The molecular formula is C12H15NO. The van der Waals surface area contributed by atoms with E-state index in [0.29, 0.717) is 6.04 Å². The van der Waals surface area contributed by atoms with Crippen LogP contribution in [0.3, 0.4) is 0 Å². The molecular weight excluding hydrogens is 174 g/mol. The van der Waals surface area contributed by atoms with Crippen molar-refractivity contribution in [3.8, 4) is 5.75 Å². The monoisotopic (exact) mass is 189 g/mol. The molecule has 0 bridgehead atoms. The first-order valence-corrected chi connectivity index (χ1v) is 5.43. The van der Waals surface area contributed by atoms with E-state index in [-0.39, 0.29) is 0 Å². The first-order chi connectivity index (χ1) is 6.95. The topological polar surface area (TPSA) is 21.3 Å². The summed E-state index contributed by atoms with van der Waals surface area (Å²) < 4.78 is 5.66. The predicted octanol–water partition coefficient (Wildman–Crippen LogP) is 2.05. The third-order valence-electron chi connectivity index (χ3n) is 3.20. The van der Waals surface area contributed by atoms with E-state index in [1.807, 2.05) is 0 Å². The minimum absolute atomic E-state index is 0.589. The molecule has 74 valence electrons. The van der Waals surface area contributed by atoms with Crippen LogP contribution in [0.25, 0.3) is 0 Å². The van der Waals surface area contributed by atoms with E-state index in [4.69, 9.17) is 4.74 Å². The molecule has 2 aliphatic rings. The van der Waals surface area contributed by atoms with Crippen LogP contribution in [-0.4, -0.2) is 13.2 Å². The zero-order valence-electron chi connectivity index (χ0n) is 8.25. The maximum absolute atomic E-state index is 5.66. The molecule has 2 heterocycles. The SMILES string of the molecule is c1cc2c(c([C@H]3CCN3)c1)CCCO2. The summed E-state index contributed by atoms with van der Waals surface area (Å²) in [5.41, 5.74) is 2.91. The number of rotatable bonds is 1. The lowest BCUT2D eigenvalue weighted by atomic mass is 9.90. The highest BCUT2D eigenvalue weighted by atomic mass is 16.5. The summed E-state index contributed by atoms with van der Waals surface area (Å²) in [6.45, 7) is 2.05. The van der Waals surface area contributed by atoms with Crippen molar-refractivity contribution < 1.29 is 4.74 Å². The van der Waals surface area contributed by atoms with Gasteiger partial charge in [0.05, 0.1) is 6.61 Å². The van der Waals surface area contributed by atoms with Gasteiger partial charge in [-0.2, -0.15) is 0 Å². The van der Waals surface area contributed by atoms with Gasteiger partial charge in [0.2, 0.25) is 0 Å². The van der Waals surface area contributed by atoms with Crippen LogP contribution in [-0.2, 0) is 6.42 Å². The summed E-state index contributed by atoms with van der Waals surface area (Å²) in [6.07, 6.45) is 3.62. The molecule has 1 saturated heterocycles. The first kappa shape index (κ1) is 8.30. The molecule has 0 aromatic heterocycles. The molecule has 0 saturated carbocycles. The number of benzene rings is 1. The Bertz CT molecular complexity index is 344. The first-order valence-electron chi connectivity index (χ1n) is 5.43. The molecule has 1 atom stereocenters. The van der Waals surface area contributed by atoms with Crippen LogP contribution in [0.1, 0.15) is 30.0 Å². The van der Waals surface area contributed by atoms with Crippen LogP contribution in [0, 0.1) is 0 Å². The summed E-state index contributed by atoms with van der Waals surface area (Å²) in [4.78, 5) is 0. The average Bonchev–Trinajstić information content (AvgIpc) is 2.16. The molecule has 2 nitrogen and oxygen atoms in total. The van der Waals surface area contributed by atoms with Gasteiger partial charge in [-0.15, -0.1) is 0 Å². The molecule has 3 rings (SSSR count). The van der Waals surface area contributed by atoms with Crippen molar-refractivity contribution in [1.82, 2.24) is 5.32 Å². The molecule has 0 aliphatic carbocycles. The maximum atomic E-state index is 5.66. The highest BCUT2D eigenvalue weighted by Crippen LogP contribution is 2.34. The number of nitrogens with one attached hydrogen (secondary N) is 1. The minimum atomic E-state index is 0.589. The number of fused-ring (bicyclic) bond motifs is 1. The lowest BCUT2D eigenvalue weighted by Gasteiger charge is -2.31. The smallest absolute Gasteiger partial charge is 0.122 e. The lowest BCUT2D eigenvalue weighted by Crippen LogP contribution is -2.35. The van der Waals surface area contributed by atoms with Crippen LogP contribution in [0.4, 0.5) is 0 Å². The van der Waals surface area contributed by atoms with Crippen molar-refractivity contribution in [2.45, 2.75) is 25.3 Å². The molecule has 1 N–H and O–H groups in total. The largest absolute Gasteiger partial charge is 0.493 e. The Morgan fingerprint density at radius 3 is 3.07 bits per heavy atom. The molecule has 14 heavy (non-hydrogen) atoms. The van der Waals surface area contributed by atoms with Crippen LogP contribution >= 0.6 is 0 Å². The van der Waals surface area contributed by atoms with Crippen molar-refractivity contribution in [2.24, 2.45) is 0 Å². The number of hydrogen-bond donors (Lipinski definition) is 1. The van der Waals surface area contributed by atoms with Gasteiger partial charge < -0.3 is 10.1 Å². The van der Waals surface area contributed by atoms with Crippen molar-refractivity contribution >= 4 is 0 Å². The Kier molecular flexibility index (Phi) is 1.95. The van der Waals surface area contributed by atoms with Gasteiger partial charge in [-0.05, 0) is 43.0 Å². The lowest BCUT2D eigenvalue weighted by molar-refractivity contribution is 0.284. The van der Waals surface area contributed by atoms with Gasteiger partial charge in [0.15, 0.2) is 0 Å². The normalized spacial score (nSPS) is 24.7. The summed E-state index contributed by atoms with van der Waals surface area (Å²) >= 11 is 0. The molecule has 1 fully saturated rings. The fourth-order valence-electron chi connectivity index (χ4n) is 2.30. The summed E-state index contributed by atoms with van der Waals surface area (Å²) in [5, 5.41) is 3.46. The number of ether oxygens (including phenoxy) is 1. The van der Waals surface area contributed by atoms with Gasteiger partial charge >= 0.3 is 0 Å². The Morgan fingerprint density at radius 2 is 2.29 bits per heavy atom. The molecule has 2 aliphatic heterocycles. The zero-order chi connectivity index (χ0) is 9.38. The Hall–Kier alpha value is -1.02. The van der Waals surface area contributed by atoms with Crippen molar-refractivity contribution in [1.29, 1.82) is 0 Å². The Labute approximate surface area is 84.3 Å². The van der Waals surface area contributed by atoms with Crippen LogP contribution in [0.5, 0.6) is 5.75 Å². The quantitative estimate of drug-likeness (QED) is 0.730. The minimum Gasteiger partial charge on any atom is -0.493 e. The summed E-state index contributed by atoms with van der Waals surface area (Å²) in [7, 11) is 0. The van der Waals surface area contributed by atoms with Crippen molar-refractivity contribution in [3.05, 3.63) is 29.3 Å². The van der Waals surface area contributed by atoms with Crippen molar-refractivity contribution in [2.75, 3.05) is 13.2 Å². The van der Waals surface area contributed by atoms with E-state index in [0.717, 1.165) is 25.3 Å². The second-order valence-corrected chi connectivity index (χ2v) is 4.07. The fraction of sp³-hybridized carbons (Fsp3) is 0.500. The van der Waals surface area contributed by atoms with Gasteiger partial charge in [0, 0.05) is 6.04 Å². The van der Waals surface area contributed by atoms with E-state index in [2.05, 4.69) is 23.5 Å². The average molecular weight is 189 g/mol. The molecule has 0 amide bonds. The van der Waals surface area contributed by atoms with Crippen LogP contribution < -0.4 is 10.1 Å². The van der Waals surface area contributed by atoms with E-state index in [9.17, 15) is 0 Å². The van der Waals surface area contributed by atoms with Crippen LogP contribution in [0.15, 0.2) is 18.2 Å². The predicted molar refractivity (Wildman–Crippen MR) is 55.6 cm³/mol. The molecule has 0 radical (unpaired) electrons. The summed E-state index contributed by atoms with van der Waals surface area (Å²) in [6, 6.07) is 7.03. The van der Waals surface area contributed by atoms with E-state index in [1.54, 1.807) is 0 Å². The van der Waals surface area contributed by atoms with Gasteiger partial charge in [0.25, 0.3) is 0 Å². The highest BCUT2D eigenvalue weighted by Gasteiger charge is 2.24. The van der Waals surface area contributed by atoms with E-state index < -0.39 is 0 Å². The summed E-state index contributed by atoms with van der Waals surface area (Å²) in [5.74, 6) is 1.11. The number of hydrogen-bond acceptors (Lipinski definition) is 2. The Balaban J connectivity index is 2.01. The van der Waals surface area contributed by atoms with Gasteiger partial charge in [-0.3, -0.25) is 0 Å². The molecule has 1 aromatic rings. The van der Waals surface area contributed by atoms with E-state index >= 15 is 0 Å². The fourth-order valence-corrected chi connectivity index (χ4v) is 2.30. The Morgan fingerprint density at radius 1 is 1.36 bits per heavy atom. The second kappa shape index (κ2) is 3.28. The third-order valence-corrected chi connectivity index (χ3v) is 3.20. The molecule has 2 heteroatoms. The second-order valence-electron chi connectivity index (χ2n) is 4.07. The van der Waals surface area contributed by atoms with E-state index in [1.165, 1.54) is 24.0 Å². The molecule has 1 aromatic carbocycles.